The summed E-state index contributed by atoms with van der Waals surface area (Å²) in [4.78, 5) is 27.2. The van der Waals surface area contributed by atoms with Gasteiger partial charge in [0.15, 0.2) is 0 Å². The summed E-state index contributed by atoms with van der Waals surface area (Å²) in [5, 5.41) is 3.26. The molecule has 2 aliphatic rings. The van der Waals surface area contributed by atoms with E-state index in [1.165, 1.54) is 0 Å². The fourth-order valence-electron chi connectivity index (χ4n) is 4.08. The highest BCUT2D eigenvalue weighted by atomic mass is 16.5. The molecule has 2 aromatic carbocycles. The lowest BCUT2D eigenvalue weighted by molar-refractivity contribution is -0.129. The topological polar surface area (TPSA) is 58.6 Å². The van der Waals surface area contributed by atoms with Crippen molar-refractivity contribution < 1.29 is 14.3 Å². The van der Waals surface area contributed by atoms with Crippen molar-refractivity contribution >= 4 is 17.5 Å². The highest BCUT2D eigenvalue weighted by molar-refractivity contribution is 6.01. The van der Waals surface area contributed by atoms with Crippen LogP contribution in [0.25, 0.3) is 0 Å². The van der Waals surface area contributed by atoms with Gasteiger partial charge in [0.25, 0.3) is 0 Å². The molecule has 2 amide bonds. The molecule has 4 rings (SSSR count). The van der Waals surface area contributed by atoms with Crippen LogP contribution in [0, 0.1) is 5.92 Å². The Balaban J connectivity index is 1.50. The van der Waals surface area contributed by atoms with Gasteiger partial charge in [0.05, 0.1) is 24.3 Å². The number of nitrogens with one attached hydrogen (secondary N) is 1. The number of hydrogen-bond acceptors (Lipinski definition) is 3. The molecule has 0 bridgehead atoms. The van der Waals surface area contributed by atoms with Crippen molar-refractivity contribution in [2.24, 2.45) is 5.92 Å². The van der Waals surface area contributed by atoms with E-state index in [0.29, 0.717) is 12.3 Å². The molecule has 2 fully saturated rings. The Bertz CT molecular complexity index is 846. The quantitative estimate of drug-likeness (QED) is 0.886. The Morgan fingerprint density at radius 1 is 1.11 bits per heavy atom. The Kier molecular flexibility index (Phi) is 4.60. The lowest BCUT2D eigenvalue weighted by atomic mass is 9.71. The zero-order valence-electron chi connectivity index (χ0n) is 15.5. The first-order valence-corrected chi connectivity index (χ1v) is 9.44. The fourth-order valence-corrected chi connectivity index (χ4v) is 4.08. The van der Waals surface area contributed by atoms with Crippen molar-refractivity contribution in [1.82, 2.24) is 5.32 Å². The molecule has 5 heteroatoms. The molecule has 5 nitrogen and oxygen atoms in total. The van der Waals surface area contributed by atoms with Crippen molar-refractivity contribution in [3.8, 4) is 5.75 Å². The first-order valence-electron chi connectivity index (χ1n) is 9.44. The van der Waals surface area contributed by atoms with Gasteiger partial charge >= 0.3 is 0 Å². The molecule has 1 aliphatic carbocycles. The van der Waals surface area contributed by atoms with E-state index in [0.717, 1.165) is 30.5 Å². The number of benzene rings is 2. The predicted octanol–water partition coefficient (Wildman–Crippen LogP) is 3.24. The van der Waals surface area contributed by atoms with Crippen molar-refractivity contribution in [1.29, 1.82) is 0 Å². The number of ether oxygens (including phenoxy) is 1. The molecular formula is C22H24N2O3. The largest absolute Gasteiger partial charge is 0.495 e. The second-order valence-corrected chi connectivity index (χ2v) is 7.37. The summed E-state index contributed by atoms with van der Waals surface area (Å²) in [6.07, 6.45) is 3.22. The lowest BCUT2D eigenvalue weighted by Gasteiger charge is -2.43. The summed E-state index contributed by atoms with van der Waals surface area (Å²) in [6, 6.07) is 17.6. The van der Waals surface area contributed by atoms with Gasteiger partial charge in [-0.15, -0.1) is 0 Å². The Morgan fingerprint density at radius 3 is 2.48 bits per heavy atom. The minimum Gasteiger partial charge on any atom is -0.495 e. The molecule has 0 spiro atoms. The number of carbonyl (C=O) groups is 2. The summed E-state index contributed by atoms with van der Waals surface area (Å²) in [7, 11) is 1.59. The summed E-state index contributed by atoms with van der Waals surface area (Å²) in [6.45, 7) is 0.385. The van der Waals surface area contributed by atoms with Crippen molar-refractivity contribution in [2.75, 3.05) is 18.6 Å². The summed E-state index contributed by atoms with van der Waals surface area (Å²) in [5.74, 6) is 0.224. The number of carbonyl (C=O) groups excluding carboxylic acids is 2. The van der Waals surface area contributed by atoms with Crippen LogP contribution in [0.1, 0.15) is 31.2 Å². The van der Waals surface area contributed by atoms with E-state index in [9.17, 15) is 9.59 Å². The fraction of sp³-hybridized carbons (Fsp3) is 0.364. The van der Waals surface area contributed by atoms with E-state index in [-0.39, 0.29) is 29.7 Å². The van der Waals surface area contributed by atoms with Crippen LogP contribution in [-0.4, -0.2) is 25.5 Å². The number of anilines is 1. The van der Waals surface area contributed by atoms with Gasteiger partial charge in [0.1, 0.15) is 5.75 Å². The van der Waals surface area contributed by atoms with Crippen LogP contribution < -0.4 is 15.0 Å². The average Bonchev–Trinajstić information content (AvgIpc) is 3.07. The first-order chi connectivity index (χ1) is 13.1. The van der Waals surface area contributed by atoms with Crippen LogP contribution in [0.3, 0.4) is 0 Å². The standard InChI is InChI=1S/C22H24N2O3/c1-27-19-11-6-5-10-18(19)24-15-16(14-20(24)25)21(26)23-22(12-7-13-22)17-8-3-2-4-9-17/h2-6,8-11,16H,7,12-15H2,1H3,(H,23,26). The van der Waals surface area contributed by atoms with Crippen LogP contribution in [0.4, 0.5) is 5.69 Å². The number of amides is 2. The van der Waals surface area contributed by atoms with Crippen LogP contribution in [-0.2, 0) is 15.1 Å². The van der Waals surface area contributed by atoms with E-state index in [1.807, 2.05) is 42.5 Å². The van der Waals surface area contributed by atoms with E-state index in [4.69, 9.17) is 4.74 Å². The Hall–Kier alpha value is -2.82. The first kappa shape index (κ1) is 17.6. The zero-order chi connectivity index (χ0) is 18.9. The van der Waals surface area contributed by atoms with Gasteiger partial charge in [-0.1, -0.05) is 42.5 Å². The second kappa shape index (κ2) is 7.06. The molecule has 1 atom stereocenters. The van der Waals surface area contributed by atoms with Gasteiger partial charge in [-0.05, 0) is 37.0 Å². The van der Waals surface area contributed by atoms with Gasteiger partial charge in [0, 0.05) is 13.0 Å². The highest BCUT2D eigenvalue weighted by Gasteiger charge is 2.43. The lowest BCUT2D eigenvalue weighted by Crippen LogP contribution is -2.52. The number of methoxy groups -OCH3 is 1. The van der Waals surface area contributed by atoms with E-state index in [1.54, 1.807) is 12.0 Å². The number of para-hydroxylation sites is 2. The predicted molar refractivity (Wildman–Crippen MR) is 104 cm³/mol. The smallest absolute Gasteiger partial charge is 0.227 e. The molecule has 1 heterocycles. The average molecular weight is 364 g/mol. The van der Waals surface area contributed by atoms with Crippen molar-refractivity contribution in [3.05, 3.63) is 60.2 Å². The van der Waals surface area contributed by atoms with E-state index >= 15 is 0 Å². The Labute approximate surface area is 159 Å². The number of rotatable bonds is 5. The molecule has 1 saturated heterocycles. The van der Waals surface area contributed by atoms with Gasteiger partial charge in [-0.2, -0.15) is 0 Å². The number of hydrogen-bond donors (Lipinski definition) is 1. The van der Waals surface area contributed by atoms with Gasteiger partial charge < -0.3 is 15.0 Å². The maximum Gasteiger partial charge on any atom is 0.227 e. The second-order valence-electron chi connectivity index (χ2n) is 7.37. The highest BCUT2D eigenvalue weighted by Crippen LogP contribution is 2.42. The molecule has 1 aliphatic heterocycles. The molecule has 1 unspecified atom stereocenters. The van der Waals surface area contributed by atoms with Crippen molar-refractivity contribution in [3.63, 3.8) is 0 Å². The summed E-state index contributed by atoms with van der Waals surface area (Å²) < 4.78 is 5.37. The van der Waals surface area contributed by atoms with Gasteiger partial charge in [-0.3, -0.25) is 9.59 Å². The third-order valence-electron chi connectivity index (χ3n) is 5.77. The molecule has 1 saturated carbocycles. The molecule has 0 radical (unpaired) electrons. The third kappa shape index (κ3) is 3.18. The van der Waals surface area contributed by atoms with E-state index < -0.39 is 0 Å². The molecule has 1 N–H and O–H groups in total. The monoisotopic (exact) mass is 364 g/mol. The summed E-state index contributed by atoms with van der Waals surface area (Å²) >= 11 is 0. The van der Waals surface area contributed by atoms with Crippen LogP contribution in [0.15, 0.2) is 54.6 Å². The SMILES string of the molecule is COc1ccccc1N1CC(C(=O)NC2(c3ccccc3)CCC2)CC1=O. The van der Waals surface area contributed by atoms with Crippen LogP contribution in [0.2, 0.25) is 0 Å². The normalized spacial score (nSPS) is 20.9. The molecule has 140 valence electrons. The minimum atomic E-state index is -0.344. The van der Waals surface area contributed by atoms with Gasteiger partial charge in [-0.25, -0.2) is 0 Å². The number of nitrogens with zero attached hydrogens (tertiary/aromatic N) is 1. The maximum atomic E-state index is 13.0. The maximum absolute atomic E-state index is 13.0. The minimum absolute atomic E-state index is 0.0377. The van der Waals surface area contributed by atoms with E-state index in [2.05, 4.69) is 17.4 Å². The van der Waals surface area contributed by atoms with Gasteiger partial charge in [0.2, 0.25) is 11.8 Å². The zero-order valence-corrected chi connectivity index (χ0v) is 15.5. The molecule has 27 heavy (non-hydrogen) atoms. The molecular weight excluding hydrogens is 340 g/mol. The Morgan fingerprint density at radius 2 is 1.81 bits per heavy atom. The van der Waals surface area contributed by atoms with Crippen LogP contribution >= 0.6 is 0 Å². The van der Waals surface area contributed by atoms with Crippen molar-refractivity contribution in [2.45, 2.75) is 31.2 Å². The summed E-state index contributed by atoms with van der Waals surface area (Å²) in [5.41, 5.74) is 1.59. The third-order valence-corrected chi connectivity index (χ3v) is 5.77. The molecule has 0 aromatic heterocycles. The van der Waals surface area contributed by atoms with Crippen LogP contribution in [0.5, 0.6) is 5.75 Å². The molecule has 2 aromatic rings.